The van der Waals surface area contributed by atoms with Crippen LogP contribution < -0.4 is 4.74 Å². The normalized spacial score (nSPS) is 11.1. The molecule has 0 bridgehead atoms. The molecule has 0 aliphatic rings. The van der Waals surface area contributed by atoms with E-state index >= 15 is 0 Å². The van der Waals surface area contributed by atoms with Crippen LogP contribution in [0, 0.1) is 0 Å². The van der Waals surface area contributed by atoms with Crippen molar-refractivity contribution in [3.8, 4) is 5.75 Å². The van der Waals surface area contributed by atoms with Crippen molar-refractivity contribution >= 4 is 11.4 Å². The van der Waals surface area contributed by atoms with E-state index in [1.807, 2.05) is 78.9 Å². The van der Waals surface area contributed by atoms with E-state index in [0.717, 1.165) is 16.7 Å². The number of halogens is 3. The molecule has 0 N–H and O–H groups in total. The van der Waals surface area contributed by atoms with Crippen molar-refractivity contribution in [3.05, 3.63) is 131 Å². The van der Waals surface area contributed by atoms with Crippen LogP contribution in [0.2, 0.25) is 0 Å². The molecule has 4 aromatic carbocycles. The van der Waals surface area contributed by atoms with Crippen LogP contribution in [0.25, 0.3) is 0 Å². The van der Waals surface area contributed by atoms with Gasteiger partial charge in [0.2, 0.25) is 0 Å². The molecule has 0 aromatic heterocycles. The molecule has 0 unspecified atom stereocenters. The van der Waals surface area contributed by atoms with Crippen LogP contribution in [-0.4, -0.2) is 5.71 Å². The van der Waals surface area contributed by atoms with Gasteiger partial charge < -0.3 is 4.74 Å². The van der Waals surface area contributed by atoms with E-state index in [9.17, 15) is 13.2 Å². The summed E-state index contributed by atoms with van der Waals surface area (Å²) < 4.78 is 48.0. The molecule has 0 saturated heterocycles. The van der Waals surface area contributed by atoms with Crippen molar-refractivity contribution in [2.75, 3.05) is 0 Å². The maximum Gasteiger partial charge on any atom is 0.422 e. The highest BCUT2D eigenvalue weighted by Gasteiger charge is 2.37. The number of benzene rings is 4. The van der Waals surface area contributed by atoms with Crippen molar-refractivity contribution in [1.82, 2.24) is 0 Å². The largest absolute Gasteiger partial charge is 0.488 e. The molecule has 0 aliphatic heterocycles. The van der Waals surface area contributed by atoms with Gasteiger partial charge in [0, 0.05) is 11.1 Å². The molecule has 160 valence electrons. The topological polar surface area (TPSA) is 21.6 Å². The van der Waals surface area contributed by atoms with Crippen molar-refractivity contribution in [1.29, 1.82) is 0 Å². The SMILES string of the molecule is FC(F)(F)c1c(N=C(c2ccccc2)c2ccccc2)cccc1OCc1ccccc1. The van der Waals surface area contributed by atoms with Crippen molar-refractivity contribution in [2.24, 2.45) is 4.99 Å². The van der Waals surface area contributed by atoms with Crippen LogP contribution in [-0.2, 0) is 12.8 Å². The molecule has 32 heavy (non-hydrogen) atoms. The number of nitrogens with zero attached hydrogens (tertiary/aromatic N) is 1. The van der Waals surface area contributed by atoms with Crippen LogP contribution in [0.15, 0.2) is 114 Å². The summed E-state index contributed by atoms with van der Waals surface area (Å²) in [5.41, 5.74) is 1.61. The lowest BCUT2D eigenvalue weighted by Gasteiger charge is -2.17. The quantitative estimate of drug-likeness (QED) is 0.291. The first-order chi connectivity index (χ1) is 15.5. The number of rotatable bonds is 6. The van der Waals surface area contributed by atoms with Gasteiger partial charge in [0.1, 0.15) is 17.9 Å². The minimum absolute atomic E-state index is 0.0291. The van der Waals surface area contributed by atoms with Gasteiger partial charge in [-0.05, 0) is 17.7 Å². The number of aliphatic imine (C=N–C) groups is 1. The average Bonchev–Trinajstić information content (AvgIpc) is 2.82. The zero-order valence-corrected chi connectivity index (χ0v) is 17.1. The van der Waals surface area contributed by atoms with Gasteiger partial charge in [-0.25, -0.2) is 4.99 Å². The molecule has 4 aromatic rings. The van der Waals surface area contributed by atoms with Crippen molar-refractivity contribution < 1.29 is 17.9 Å². The van der Waals surface area contributed by atoms with Gasteiger partial charge in [-0.15, -0.1) is 0 Å². The molecule has 0 radical (unpaired) electrons. The second kappa shape index (κ2) is 9.52. The lowest BCUT2D eigenvalue weighted by atomic mass is 10.0. The van der Waals surface area contributed by atoms with Gasteiger partial charge in [0.05, 0.1) is 11.4 Å². The lowest BCUT2D eigenvalue weighted by molar-refractivity contribution is -0.138. The Balaban J connectivity index is 1.81. The van der Waals surface area contributed by atoms with E-state index in [1.54, 1.807) is 12.1 Å². The molecule has 2 nitrogen and oxygen atoms in total. The van der Waals surface area contributed by atoms with Crippen LogP contribution in [0.1, 0.15) is 22.3 Å². The molecule has 0 atom stereocenters. The number of alkyl halides is 3. The maximum absolute atomic E-state index is 14.1. The fourth-order valence-electron chi connectivity index (χ4n) is 3.36. The Bertz CT molecular complexity index is 1150. The smallest absolute Gasteiger partial charge is 0.422 e. The fourth-order valence-corrected chi connectivity index (χ4v) is 3.36. The molecule has 0 heterocycles. The third-order valence-electron chi connectivity index (χ3n) is 4.85. The number of hydrogen-bond acceptors (Lipinski definition) is 2. The highest BCUT2D eigenvalue weighted by molar-refractivity contribution is 6.14. The fraction of sp³-hybridized carbons (Fsp3) is 0.0741. The highest BCUT2D eigenvalue weighted by atomic mass is 19.4. The molecular formula is C27H20F3NO. The van der Waals surface area contributed by atoms with Gasteiger partial charge in [0.25, 0.3) is 0 Å². The summed E-state index contributed by atoms with van der Waals surface area (Å²) in [6.45, 7) is 0.0291. The van der Waals surface area contributed by atoms with Gasteiger partial charge in [0.15, 0.2) is 0 Å². The first kappa shape index (κ1) is 21.4. The first-order valence-electron chi connectivity index (χ1n) is 10.1. The molecular weight excluding hydrogens is 411 g/mol. The summed E-state index contributed by atoms with van der Waals surface area (Å²) in [5, 5.41) is 0. The van der Waals surface area contributed by atoms with Crippen molar-refractivity contribution in [3.63, 3.8) is 0 Å². The van der Waals surface area contributed by atoms with Gasteiger partial charge >= 0.3 is 6.18 Å². The van der Waals surface area contributed by atoms with E-state index < -0.39 is 11.7 Å². The third-order valence-corrected chi connectivity index (χ3v) is 4.85. The lowest BCUT2D eigenvalue weighted by Crippen LogP contribution is -2.10. The average molecular weight is 431 g/mol. The maximum atomic E-state index is 14.1. The number of ether oxygens (including phenoxy) is 1. The predicted molar refractivity (Wildman–Crippen MR) is 120 cm³/mol. The third kappa shape index (κ3) is 5.06. The summed E-state index contributed by atoms with van der Waals surface area (Å²) in [6, 6.07) is 31.6. The van der Waals surface area contributed by atoms with Gasteiger partial charge in [-0.1, -0.05) is 97.1 Å². The van der Waals surface area contributed by atoms with E-state index in [4.69, 9.17) is 4.74 Å². The van der Waals surface area contributed by atoms with E-state index in [0.29, 0.717) is 5.71 Å². The van der Waals surface area contributed by atoms with Crippen LogP contribution >= 0.6 is 0 Å². The predicted octanol–water partition coefficient (Wildman–Crippen LogP) is 7.45. The molecule has 0 aliphatic carbocycles. The van der Waals surface area contributed by atoms with Crippen LogP contribution in [0.4, 0.5) is 18.9 Å². The van der Waals surface area contributed by atoms with E-state index in [-0.39, 0.29) is 18.0 Å². The summed E-state index contributed by atoms with van der Waals surface area (Å²) in [4.78, 5) is 4.50. The Morgan fingerprint density at radius 1 is 0.656 bits per heavy atom. The Hall–Kier alpha value is -3.86. The summed E-state index contributed by atoms with van der Waals surface area (Å²) in [6.07, 6.45) is -4.63. The summed E-state index contributed by atoms with van der Waals surface area (Å²) >= 11 is 0. The number of hydrogen-bond donors (Lipinski definition) is 0. The van der Waals surface area contributed by atoms with Gasteiger partial charge in [-0.2, -0.15) is 13.2 Å². The molecule has 5 heteroatoms. The van der Waals surface area contributed by atoms with Gasteiger partial charge in [-0.3, -0.25) is 0 Å². The summed E-state index contributed by atoms with van der Waals surface area (Å²) in [7, 11) is 0. The summed E-state index contributed by atoms with van der Waals surface area (Å²) in [5.74, 6) is -0.247. The monoisotopic (exact) mass is 431 g/mol. The Kier molecular flexibility index (Phi) is 6.36. The molecule has 4 rings (SSSR count). The minimum atomic E-state index is -4.63. The zero-order chi connectivity index (χ0) is 22.4. The first-order valence-corrected chi connectivity index (χ1v) is 10.1. The Morgan fingerprint density at radius 2 is 1.19 bits per heavy atom. The Morgan fingerprint density at radius 3 is 1.72 bits per heavy atom. The molecule has 0 amide bonds. The molecule has 0 fully saturated rings. The minimum Gasteiger partial charge on any atom is -0.488 e. The van der Waals surface area contributed by atoms with Crippen molar-refractivity contribution in [2.45, 2.75) is 12.8 Å². The highest BCUT2D eigenvalue weighted by Crippen LogP contribution is 2.43. The van der Waals surface area contributed by atoms with Crippen LogP contribution in [0.5, 0.6) is 5.75 Å². The Labute approximate surface area is 184 Å². The van der Waals surface area contributed by atoms with E-state index in [1.165, 1.54) is 18.2 Å². The van der Waals surface area contributed by atoms with E-state index in [2.05, 4.69) is 4.99 Å². The zero-order valence-electron chi connectivity index (χ0n) is 17.1. The second-order valence-electron chi connectivity index (χ2n) is 7.11. The second-order valence-corrected chi connectivity index (χ2v) is 7.11. The standard InChI is InChI=1S/C27H20F3NO/c28-27(29,30)25-23(17-10-18-24(25)32-19-20-11-4-1-5-12-20)31-26(21-13-6-2-7-14-21)22-15-8-3-9-16-22/h1-18H,19H2. The van der Waals surface area contributed by atoms with Crippen LogP contribution in [0.3, 0.4) is 0 Å². The molecule has 0 saturated carbocycles. The molecule has 0 spiro atoms.